The van der Waals surface area contributed by atoms with Gasteiger partial charge in [-0.05, 0) is 75.7 Å². The van der Waals surface area contributed by atoms with E-state index in [1.54, 1.807) is 12.1 Å². The van der Waals surface area contributed by atoms with Crippen molar-refractivity contribution in [3.63, 3.8) is 0 Å². The summed E-state index contributed by atoms with van der Waals surface area (Å²) in [6.07, 6.45) is 3.88. The molecule has 2 aliphatic heterocycles. The van der Waals surface area contributed by atoms with Crippen LogP contribution >= 0.6 is 0 Å². The fraction of sp³-hybridized carbons (Fsp3) is 0.435. The average molecular weight is 390 g/mol. The minimum absolute atomic E-state index is 0.207. The molecular formula is C23H27N5O. The zero-order valence-electron chi connectivity index (χ0n) is 17.0. The first-order valence-electron chi connectivity index (χ1n) is 10.1. The molecule has 150 valence electrons. The Hall–Kier alpha value is -3.09. The molecule has 1 fully saturated rings. The van der Waals surface area contributed by atoms with Crippen molar-refractivity contribution in [3.05, 3.63) is 51.7 Å². The monoisotopic (exact) mass is 389 g/mol. The minimum atomic E-state index is -0.479. The highest BCUT2D eigenvalue weighted by Gasteiger charge is 2.28. The second-order valence-corrected chi connectivity index (χ2v) is 7.81. The number of dihydropyridines is 1. The Kier molecular flexibility index (Phi) is 6.36. The third-order valence-electron chi connectivity index (χ3n) is 5.96. The largest absolute Gasteiger partial charge is 0.380 e. The van der Waals surface area contributed by atoms with Gasteiger partial charge in [0.15, 0.2) is 0 Å². The van der Waals surface area contributed by atoms with Crippen LogP contribution in [0.15, 0.2) is 35.0 Å². The van der Waals surface area contributed by atoms with Crippen molar-refractivity contribution in [2.75, 3.05) is 13.1 Å². The number of benzene rings is 1. The number of amides is 1. The maximum atomic E-state index is 12.2. The van der Waals surface area contributed by atoms with Crippen LogP contribution < -0.4 is 16.4 Å². The van der Waals surface area contributed by atoms with Crippen LogP contribution in [0.3, 0.4) is 0 Å². The topological polar surface area (TPSA) is 115 Å². The summed E-state index contributed by atoms with van der Waals surface area (Å²) < 4.78 is 0. The molecule has 0 radical (unpaired) electrons. The highest BCUT2D eigenvalue weighted by Crippen LogP contribution is 2.37. The number of carbonyl (C=O) groups excluding carboxylic acids is 1. The molecule has 2 heterocycles. The predicted octanol–water partition coefficient (Wildman–Crippen LogP) is 2.78. The molecule has 1 saturated heterocycles. The van der Waals surface area contributed by atoms with Crippen LogP contribution in [-0.2, 0) is 6.42 Å². The van der Waals surface area contributed by atoms with E-state index >= 15 is 0 Å². The van der Waals surface area contributed by atoms with Crippen molar-refractivity contribution in [2.45, 2.75) is 45.6 Å². The number of primary amides is 1. The molecule has 0 aliphatic carbocycles. The molecule has 0 bridgehead atoms. The van der Waals surface area contributed by atoms with Crippen molar-refractivity contribution < 1.29 is 4.79 Å². The van der Waals surface area contributed by atoms with Crippen molar-refractivity contribution in [1.29, 1.82) is 10.5 Å². The van der Waals surface area contributed by atoms with Gasteiger partial charge in [0.25, 0.3) is 0 Å². The Bertz CT molecular complexity index is 954. The Morgan fingerprint density at radius 1 is 1.24 bits per heavy atom. The number of nitriles is 2. The number of hydrogen-bond acceptors (Lipinski definition) is 5. The highest BCUT2D eigenvalue weighted by atomic mass is 16.1. The predicted molar refractivity (Wildman–Crippen MR) is 112 cm³/mol. The van der Waals surface area contributed by atoms with Gasteiger partial charge in [0.2, 0.25) is 5.91 Å². The SMILES string of the molecule is CC1=C(C#N)C(c2cccc(C(N)=O)c2CCC2CCNCC2)=C(C#N)C(C)N1. The normalized spacial score (nSPS) is 20.1. The maximum Gasteiger partial charge on any atom is 0.248 e. The molecule has 3 rings (SSSR count). The number of nitrogens with one attached hydrogen (secondary N) is 2. The minimum Gasteiger partial charge on any atom is -0.380 e. The number of nitrogens with zero attached hydrogens (tertiary/aromatic N) is 2. The van der Waals surface area contributed by atoms with Gasteiger partial charge in [-0.3, -0.25) is 4.79 Å². The lowest BCUT2D eigenvalue weighted by atomic mass is 9.81. The van der Waals surface area contributed by atoms with Gasteiger partial charge in [0.1, 0.15) is 6.07 Å². The number of allylic oxidation sites excluding steroid dienone is 3. The molecule has 1 aromatic rings. The fourth-order valence-corrected chi connectivity index (χ4v) is 4.42. The van der Waals surface area contributed by atoms with Crippen LogP contribution in [0.5, 0.6) is 0 Å². The summed E-state index contributed by atoms with van der Waals surface area (Å²) in [7, 11) is 0. The van der Waals surface area contributed by atoms with Crippen LogP contribution in [0.1, 0.15) is 54.6 Å². The summed E-state index contributed by atoms with van der Waals surface area (Å²) >= 11 is 0. The summed E-state index contributed by atoms with van der Waals surface area (Å²) in [4.78, 5) is 12.2. The first-order chi connectivity index (χ1) is 14.0. The summed E-state index contributed by atoms with van der Waals surface area (Å²) in [5.41, 5.74) is 10.1. The highest BCUT2D eigenvalue weighted by molar-refractivity contribution is 5.98. The van der Waals surface area contributed by atoms with E-state index in [0.717, 1.165) is 49.2 Å². The lowest BCUT2D eigenvalue weighted by Gasteiger charge is -2.28. The van der Waals surface area contributed by atoms with E-state index in [4.69, 9.17) is 5.73 Å². The van der Waals surface area contributed by atoms with Gasteiger partial charge in [0.05, 0.1) is 23.3 Å². The fourth-order valence-electron chi connectivity index (χ4n) is 4.42. The number of piperidine rings is 1. The molecule has 0 aromatic heterocycles. The summed E-state index contributed by atoms with van der Waals surface area (Å²) in [6, 6.07) is 9.74. The summed E-state index contributed by atoms with van der Waals surface area (Å²) in [6.45, 7) is 5.78. The van der Waals surface area contributed by atoms with E-state index in [-0.39, 0.29) is 6.04 Å². The molecule has 6 nitrogen and oxygen atoms in total. The smallest absolute Gasteiger partial charge is 0.248 e. The number of carbonyl (C=O) groups is 1. The molecule has 4 N–H and O–H groups in total. The van der Waals surface area contributed by atoms with E-state index in [1.165, 1.54) is 0 Å². The van der Waals surface area contributed by atoms with Crippen molar-refractivity contribution in [3.8, 4) is 12.1 Å². The number of rotatable bonds is 5. The molecule has 0 spiro atoms. The van der Waals surface area contributed by atoms with Crippen molar-refractivity contribution >= 4 is 11.5 Å². The first-order valence-corrected chi connectivity index (χ1v) is 10.1. The van der Waals surface area contributed by atoms with Crippen LogP contribution in [0.2, 0.25) is 0 Å². The average Bonchev–Trinajstić information content (AvgIpc) is 2.72. The van der Waals surface area contributed by atoms with Gasteiger partial charge in [-0.2, -0.15) is 10.5 Å². The van der Waals surface area contributed by atoms with Gasteiger partial charge < -0.3 is 16.4 Å². The zero-order chi connectivity index (χ0) is 21.0. The maximum absolute atomic E-state index is 12.2. The van der Waals surface area contributed by atoms with Gasteiger partial charge in [-0.15, -0.1) is 0 Å². The van der Waals surface area contributed by atoms with E-state index in [2.05, 4.69) is 22.8 Å². The van der Waals surface area contributed by atoms with Crippen molar-refractivity contribution in [2.24, 2.45) is 11.7 Å². The van der Waals surface area contributed by atoms with Gasteiger partial charge in [0, 0.05) is 16.8 Å². The Labute approximate surface area is 172 Å². The summed E-state index contributed by atoms with van der Waals surface area (Å²) in [5.74, 6) is 0.113. The van der Waals surface area contributed by atoms with Crippen LogP contribution in [-0.4, -0.2) is 25.0 Å². The standard InChI is InChI=1S/C23H27N5O/c1-14-20(12-24)22(21(13-25)15(2)28-14)18-4-3-5-19(23(26)29)17(18)7-6-16-8-10-27-11-9-16/h3-5,14,16,27-28H,6-11H2,1-2H3,(H2,26,29). The molecule has 2 aliphatic rings. The van der Waals surface area contributed by atoms with E-state index < -0.39 is 5.91 Å². The van der Waals surface area contributed by atoms with Gasteiger partial charge in [-0.25, -0.2) is 0 Å². The first kappa shape index (κ1) is 20.6. The second-order valence-electron chi connectivity index (χ2n) is 7.81. The Morgan fingerprint density at radius 2 is 1.97 bits per heavy atom. The van der Waals surface area contributed by atoms with Gasteiger partial charge in [-0.1, -0.05) is 12.1 Å². The van der Waals surface area contributed by atoms with E-state index in [9.17, 15) is 15.3 Å². The molecule has 6 heteroatoms. The molecule has 1 atom stereocenters. The third-order valence-corrected chi connectivity index (χ3v) is 5.96. The zero-order valence-corrected chi connectivity index (χ0v) is 17.0. The molecule has 1 aromatic carbocycles. The molecule has 1 amide bonds. The van der Waals surface area contributed by atoms with Crippen LogP contribution in [0.4, 0.5) is 0 Å². The van der Waals surface area contributed by atoms with Crippen LogP contribution in [0.25, 0.3) is 5.57 Å². The van der Waals surface area contributed by atoms with Gasteiger partial charge >= 0.3 is 0 Å². The van der Waals surface area contributed by atoms with E-state index in [0.29, 0.717) is 34.6 Å². The lowest BCUT2D eigenvalue weighted by molar-refractivity contribution is 0.0999. The van der Waals surface area contributed by atoms with Crippen molar-refractivity contribution in [1.82, 2.24) is 10.6 Å². The Balaban J connectivity index is 2.13. The quantitative estimate of drug-likeness (QED) is 0.716. The molecule has 1 unspecified atom stereocenters. The molecule has 0 saturated carbocycles. The molecule has 29 heavy (non-hydrogen) atoms. The molecular weight excluding hydrogens is 362 g/mol. The van der Waals surface area contributed by atoms with Crippen LogP contribution in [0, 0.1) is 28.6 Å². The number of nitrogens with two attached hydrogens (primary N) is 1. The summed E-state index contributed by atoms with van der Waals surface area (Å²) in [5, 5.41) is 26.2. The Morgan fingerprint density at radius 3 is 2.59 bits per heavy atom. The number of hydrogen-bond donors (Lipinski definition) is 3. The van der Waals surface area contributed by atoms with E-state index in [1.807, 2.05) is 19.9 Å². The second kappa shape index (κ2) is 8.94. The third kappa shape index (κ3) is 4.18. The lowest BCUT2D eigenvalue weighted by Crippen LogP contribution is -2.32.